The first-order valence-electron chi connectivity index (χ1n) is 11.4. The number of rotatable bonds is 4. The van der Waals surface area contributed by atoms with E-state index in [9.17, 15) is 8.42 Å². The summed E-state index contributed by atoms with van der Waals surface area (Å²) in [5.41, 5.74) is 4.95. The molecule has 10 heteroatoms. The number of hydrogen-bond acceptors (Lipinski definition) is 5. The van der Waals surface area contributed by atoms with Crippen LogP contribution in [0.25, 0.3) is 28.0 Å². The monoisotopic (exact) mass is 527 g/mol. The van der Waals surface area contributed by atoms with Crippen molar-refractivity contribution in [1.82, 2.24) is 18.9 Å². The Balaban J connectivity index is 1.56. The van der Waals surface area contributed by atoms with Crippen LogP contribution >= 0.6 is 23.2 Å². The molecule has 2 unspecified atom stereocenters. The summed E-state index contributed by atoms with van der Waals surface area (Å²) >= 11 is 12.8. The third-order valence-corrected chi connectivity index (χ3v) is 8.75. The summed E-state index contributed by atoms with van der Waals surface area (Å²) in [5, 5.41) is 6.30. The highest BCUT2D eigenvalue weighted by molar-refractivity contribution is 7.88. The van der Waals surface area contributed by atoms with Gasteiger partial charge in [-0.2, -0.15) is 13.9 Å². The number of halogens is 2. The first-order valence-corrected chi connectivity index (χ1v) is 14.0. The molecule has 4 heterocycles. The molecular weight excluding hydrogens is 505 g/mol. The molecule has 0 N–H and O–H groups in total. The number of anilines is 1. The molecule has 7 nitrogen and oxygen atoms in total. The van der Waals surface area contributed by atoms with Gasteiger partial charge in [-0.15, -0.1) is 0 Å². The van der Waals surface area contributed by atoms with Crippen molar-refractivity contribution in [3.05, 3.63) is 70.3 Å². The van der Waals surface area contributed by atoms with Crippen LogP contribution in [0, 0.1) is 6.92 Å². The highest BCUT2D eigenvalue weighted by Gasteiger charge is 2.47. The second kappa shape index (κ2) is 8.20. The SMILES string of the molecule is Cc1cc(N2CC3CC2CN3S(C)(=O)=O)n2nc(-c3ccccc3Cl)c(-c3ccc(Cl)cc3)c2n1. The Morgan fingerprint density at radius 1 is 1.00 bits per heavy atom. The third kappa shape index (κ3) is 3.80. The van der Waals surface area contributed by atoms with Crippen LogP contribution in [-0.2, 0) is 10.0 Å². The molecule has 180 valence electrons. The lowest BCUT2D eigenvalue weighted by atomic mass is 10.0. The minimum Gasteiger partial charge on any atom is -0.350 e. The van der Waals surface area contributed by atoms with Crippen LogP contribution in [0.1, 0.15) is 12.1 Å². The molecule has 0 radical (unpaired) electrons. The van der Waals surface area contributed by atoms with E-state index >= 15 is 0 Å². The third-order valence-electron chi connectivity index (χ3n) is 6.87. The van der Waals surface area contributed by atoms with Gasteiger partial charge in [-0.05, 0) is 37.1 Å². The Morgan fingerprint density at radius 2 is 1.74 bits per heavy atom. The number of nitrogens with zero attached hydrogens (tertiary/aromatic N) is 5. The van der Waals surface area contributed by atoms with E-state index in [4.69, 9.17) is 33.3 Å². The topological polar surface area (TPSA) is 70.8 Å². The minimum atomic E-state index is -3.23. The van der Waals surface area contributed by atoms with E-state index in [-0.39, 0.29) is 12.1 Å². The molecule has 2 aliphatic rings. The zero-order valence-corrected chi connectivity index (χ0v) is 21.5. The van der Waals surface area contributed by atoms with Crippen LogP contribution in [-0.4, -0.2) is 58.8 Å². The van der Waals surface area contributed by atoms with Gasteiger partial charge in [0.05, 0.1) is 16.8 Å². The molecule has 6 rings (SSSR count). The van der Waals surface area contributed by atoms with Crippen LogP contribution < -0.4 is 4.90 Å². The largest absolute Gasteiger partial charge is 0.350 e. The van der Waals surface area contributed by atoms with E-state index in [1.807, 2.05) is 66.0 Å². The molecule has 2 saturated heterocycles. The summed E-state index contributed by atoms with van der Waals surface area (Å²) in [5.74, 6) is 0.904. The average molecular weight is 528 g/mol. The molecule has 2 bridgehead atoms. The van der Waals surface area contributed by atoms with Crippen LogP contribution in [0.15, 0.2) is 54.6 Å². The number of benzene rings is 2. The van der Waals surface area contributed by atoms with Crippen molar-refractivity contribution in [2.24, 2.45) is 0 Å². The van der Waals surface area contributed by atoms with Crippen LogP contribution in [0.5, 0.6) is 0 Å². The van der Waals surface area contributed by atoms with Crippen LogP contribution in [0.3, 0.4) is 0 Å². The second-order valence-corrected chi connectivity index (χ2v) is 12.0. The van der Waals surface area contributed by atoms with Gasteiger partial charge in [-0.3, -0.25) is 0 Å². The lowest BCUT2D eigenvalue weighted by Crippen LogP contribution is -2.49. The van der Waals surface area contributed by atoms with Gasteiger partial charge in [-0.25, -0.2) is 13.4 Å². The molecular formula is C25H23Cl2N5O2S. The summed E-state index contributed by atoms with van der Waals surface area (Å²) in [7, 11) is -3.23. The first-order chi connectivity index (χ1) is 16.7. The van der Waals surface area contributed by atoms with E-state index in [0.717, 1.165) is 46.0 Å². The van der Waals surface area contributed by atoms with Crippen molar-refractivity contribution >= 4 is 44.7 Å². The molecule has 35 heavy (non-hydrogen) atoms. The lowest BCUT2D eigenvalue weighted by molar-refractivity contribution is 0.370. The number of hydrogen-bond donors (Lipinski definition) is 0. The van der Waals surface area contributed by atoms with Gasteiger partial charge in [0.2, 0.25) is 10.0 Å². The molecule has 0 amide bonds. The van der Waals surface area contributed by atoms with E-state index in [2.05, 4.69) is 4.90 Å². The Kier molecular flexibility index (Phi) is 5.34. The van der Waals surface area contributed by atoms with Crippen LogP contribution in [0.4, 0.5) is 5.82 Å². The highest BCUT2D eigenvalue weighted by Crippen LogP contribution is 2.41. The standard InChI is InChI=1S/C25H23Cl2N5O2S/c1-15-11-22(30-13-19-12-18(30)14-31(19)35(2,33)34)32-25(28-15)23(16-7-9-17(26)10-8-16)24(29-32)20-5-3-4-6-21(20)27/h3-11,18-19H,12-14H2,1-2H3. The maximum absolute atomic E-state index is 12.2. The van der Waals surface area contributed by atoms with Crippen molar-refractivity contribution in [3.63, 3.8) is 0 Å². The quantitative estimate of drug-likeness (QED) is 0.377. The Morgan fingerprint density at radius 3 is 2.40 bits per heavy atom. The normalized spacial score (nSPS) is 20.3. The average Bonchev–Trinajstić information content (AvgIpc) is 3.52. The Bertz CT molecular complexity index is 1570. The minimum absolute atomic E-state index is 0.0344. The van der Waals surface area contributed by atoms with Crippen molar-refractivity contribution in [1.29, 1.82) is 0 Å². The summed E-state index contributed by atoms with van der Waals surface area (Å²) in [4.78, 5) is 7.16. The first kappa shape index (κ1) is 22.8. The maximum Gasteiger partial charge on any atom is 0.211 e. The fourth-order valence-electron chi connectivity index (χ4n) is 5.37. The number of piperazine rings is 1. The van der Waals surface area contributed by atoms with Crippen molar-refractivity contribution < 1.29 is 8.42 Å². The summed E-state index contributed by atoms with van der Waals surface area (Å²) in [6.07, 6.45) is 2.09. The molecule has 4 aromatic rings. The van der Waals surface area contributed by atoms with Gasteiger partial charge in [0.15, 0.2) is 5.65 Å². The Labute approximate surface area is 214 Å². The summed E-state index contributed by atoms with van der Waals surface area (Å²) in [6.45, 7) is 3.07. The molecule has 2 aromatic carbocycles. The number of fused-ring (bicyclic) bond motifs is 3. The highest BCUT2D eigenvalue weighted by atomic mass is 35.5. The molecule has 2 fully saturated rings. The van der Waals surface area contributed by atoms with E-state index in [1.165, 1.54) is 6.26 Å². The van der Waals surface area contributed by atoms with E-state index in [1.54, 1.807) is 4.31 Å². The zero-order valence-electron chi connectivity index (χ0n) is 19.2. The van der Waals surface area contributed by atoms with Gasteiger partial charge in [0, 0.05) is 47.5 Å². The zero-order chi connectivity index (χ0) is 24.5. The smallest absolute Gasteiger partial charge is 0.211 e. The van der Waals surface area contributed by atoms with Gasteiger partial charge in [0.25, 0.3) is 0 Å². The summed E-state index contributed by atoms with van der Waals surface area (Å²) in [6, 6.07) is 17.4. The summed E-state index contributed by atoms with van der Waals surface area (Å²) < 4.78 is 27.9. The van der Waals surface area contributed by atoms with Crippen molar-refractivity contribution in [2.45, 2.75) is 25.4 Å². The van der Waals surface area contributed by atoms with E-state index < -0.39 is 10.0 Å². The molecule has 2 atom stereocenters. The molecule has 0 aliphatic carbocycles. The molecule has 2 aromatic heterocycles. The van der Waals surface area contributed by atoms with Gasteiger partial charge in [0.1, 0.15) is 11.5 Å². The predicted octanol–water partition coefficient (Wildman–Crippen LogP) is 4.90. The van der Waals surface area contributed by atoms with E-state index in [0.29, 0.717) is 23.1 Å². The van der Waals surface area contributed by atoms with Gasteiger partial charge >= 0.3 is 0 Å². The molecule has 0 saturated carbocycles. The fraction of sp³-hybridized carbons (Fsp3) is 0.280. The van der Waals surface area contributed by atoms with Gasteiger partial charge < -0.3 is 4.90 Å². The number of aryl methyl sites for hydroxylation is 1. The molecule has 0 spiro atoms. The lowest BCUT2D eigenvalue weighted by Gasteiger charge is -2.34. The van der Waals surface area contributed by atoms with Gasteiger partial charge in [-0.1, -0.05) is 53.5 Å². The van der Waals surface area contributed by atoms with Crippen LogP contribution in [0.2, 0.25) is 10.0 Å². The Hall–Kier alpha value is -2.65. The maximum atomic E-state index is 12.2. The number of aromatic nitrogens is 3. The predicted molar refractivity (Wildman–Crippen MR) is 140 cm³/mol. The molecule has 2 aliphatic heterocycles. The fourth-order valence-corrected chi connectivity index (χ4v) is 6.85. The van der Waals surface area contributed by atoms with Crippen molar-refractivity contribution in [3.8, 4) is 22.4 Å². The number of sulfonamides is 1. The van der Waals surface area contributed by atoms with Crippen molar-refractivity contribution in [2.75, 3.05) is 24.2 Å². The second-order valence-electron chi connectivity index (χ2n) is 9.23.